The first-order valence-electron chi connectivity index (χ1n) is 5.84. The highest BCUT2D eigenvalue weighted by Gasteiger charge is 2.23. The smallest absolute Gasteiger partial charge is 0.342 e. The van der Waals surface area contributed by atoms with Crippen molar-refractivity contribution in [2.75, 3.05) is 7.05 Å². The maximum absolute atomic E-state index is 12.0. The Labute approximate surface area is 116 Å². The van der Waals surface area contributed by atoms with Crippen LogP contribution in [0.15, 0.2) is 12.3 Å². The molecule has 0 aliphatic carbocycles. The van der Waals surface area contributed by atoms with Crippen LogP contribution in [0.4, 0.5) is 0 Å². The number of amides is 1. The molecule has 0 bridgehead atoms. The number of hydrogen-bond donors (Lipinski definition) is 1. The van der Waals surface area contributed by atoms with Crippen LogP contribution in [0.2, 0.25) is 0 Å². The molecule has 1 rings (SSSR count). The van der Waals surface area contributed by atoms with Crippen LogP contribution >= 0.6 is 0 Å². The highest BCUT2D eigenvalue weighted by Crippen LogP contribution is 2.21. The number of nitrogens with one attached hydrogen (secondary N) is 1. The van der Waals surface area contributed by atoms with Gasteiger partial charge in [0.25, 0.3) is 12.4 Å². The lowest BCUT2D eigenvalue weighted by atomic mass is 10.1. The molecule has 0 aliphatic heterocycles. The van der Waals surface area contributed by atoms with Crippen LogP contribution in [-0.2, 0) is 9.53 Å². The Morgan fingerprint density at radius 3 is 2.50 bits per heavy atom. The fourth-order valence-electron chi connectivity index (χ4n) is 1.33. The molecule has 0 saturated heterocycles. The molecule has 1 aromatic heterocycles. The number of pyridine rings is 1. The number of carbonyl (C=O) groups excluding carboxylic acids is 3. The summed E-state index contributed by atoms with van der Waals surface area (Å²) >= 11 is 0. The number of esters is 1. The lowest BCUT2D eigenvalue weighted by Gasteiger charge is -2.20. The summed E-state index contributed by atoms with van der Waals surface area (Å²) in [6.45, 7) is 5.27. The van der Waals surface area contributed by atoms with E-state index >= 15 is 0 Å². The Bertz CT molecular complexity index is 534. The van der Waals surface area contributed by atoms with Gasteiger partial charge in [0, 0.05) is 7.05 Å². The number of aromatic nitrogens is 1. The number of nitrogens with zero attached hydrogens (tertiary/aromatic N) is 1. The first-order chi connectivity index (χ1) is 9.28. The Hall–Kier alpha value is -2.44. The monoisotopic (exact) mass is 280 g/mol. The lowest BCUT2D eigenvalue weighted by Crippen LogP contribution is -2.25. The number of carbonyl (C=O) groups is 3. The molecule has 0 atom stereocenters. The summed E-state index contributed by atoms with van der Waals surface area (Å²) in [5.74, 6) is -1.24. The summed E-state index contributed by atoms with van der Waals surface area (Å²) in [7, 11) is 1.44. The summed E-state index contributed by atoms with van der Waals surface area (Å²) < 4.78 is 9.85. The van der Waals surface area contributed by atoms with Crippen LogP contribution in [0, 0.1) is 0 Å². The first-order valence-corrected chi connectivity index (χ1v) is 5.84. The van der Waals surface area contributed by atoms with Gasteiger partial charge in [-0.1, -0.05) is 0 Å². The average molecular weight is 280 g/mol. The van der Waals surface area contributed by atoms with Gasteiger partial charge in [-0.2, -0.15) is 0 Å². The van der Waals surface area contributed by atoms with Gasteiger partial charge in [-0.05, 0) is 26.8 Å². The number of hydrogen-bond acceptors (Lipinski definition) is 6. The lowest BCUT2D eigenvalue weighted by molar-refractivity contribution is -0.120. The van der Waals surface area contributed by atoms with Crippen molar-refractivity contribution in [2.24, 2.45) is 0 Å². The molecule has 0 fully saturated rings. The van der Waals surface area contributed by atoms with Gasteiger partial charge in [-0.25, -0.2) is 9.78 Å². The minimum atomic E-state index is -0.716. The third-order valence-electron chi connectivity index (χ3n) is 2.12. The molecule has 0 saturated carbocycles. The molecule has 0 aliphatic rings. The largest absolute Gasteiger partial charge is 0.456 e. The molecule has 0 unspecified atom stereocenters. The van der Waals surface area contributed by atoms with Gasteiger partial charge in [0.1, 0.15) is 16.9 Å². The third-order valence-corrected chi connectivity index (χ3v) is 2.12. The predicted octanol–water partition coefficient (Wildman–Crippen LogP) is 0.932. The van der Waals surface area contributed by atoms with E-state index in [0.29, 0.717) is 0 Å². The minimum absolute atomic E-state index is 0.0200. The van der Waals surface area contributed by atoms with E-state index in [-0.39, 0.29) is 23.5 Å². The van der Waals surface area contributed by atoms with E-state index < -0.39 is 17.5 Å². The van der Waals surface area contributed by atoms with Crippen LogP contribution in [-0.4, -0.2) is 36.0 Å². The summed E-state index contributed by atoms with van der Waals surface area (Å²) in [6, 6.07) is 1.21. The zero-order chi connectivity index (χ0) is 15.3. The molecular weight excluding hydrogens is 264 g/mol. The van der Waals surface area contributed by atoms with Crippen LogP contribution in [0.25, 0.3) is 0 Å². The zero-order valence-corrected chi connectivity index (χ0v) is 11.7. The van der Waals surface area contributed by atoms with Gasteiger partial charge in [0.2, 0.25) is 0 Å². The molecule has 1 amide bonds. The minimum Gasteiger partial charge on any atom is -0.456 e. The summed E-state index contributed by atoms with van der Waals surface area (Å²) in [5.41, 5.74) is -0.737. The average Bonchev–Trinajstić information content (AvgIpc) is 2.36. The van der Waals surface area contributed by atoms with Gasteiger partial charge >= 0.3 is 5.97 Å². The molecule has 108 valence electrons. The predicted molar refractivity (Wildman–Crippen MR) is 69.5 cm³/mol. The fraction of sp³-hybridized carbons (Fsp3) is 0.385. The van der Waals surface area contributed by atoms with Crippen LogP contribution in [0.1, 0.15) is 41.6 Å². The Morgan fingerprint density at radius 2 is 2.00 bits per heavy atom. The van der Waals surface area contributed by atoms with Crippen molar-refractivity contribution in [3.8, 4) is 5.75 Å². The van der Waals surface area contributed by atoms with Crippen LogP contribution < -0.4 is 10.1 Å². The van der Waals surface area contributed by atoms with Gasteiger partial charge in [-0.3, -0.25) is 9.59 Å². The maximum atomic E-state index is 12.0. The Morgan fingerprint density at radius 1 is 1.35 bits per heavy atom. The SMILES string of the molecule is CNC(=O)c1cc(C(=O)OC(C)(C)C)c(OC=O)cn1. The number of ether oxygens (including phenoxy) is 2. The third kappa shape index (κ3) is 4.04. The molecule has 7 heteroatoms. The summed E-state index contributed by atoms with van der Waals surface area (Å²) in [6.07, 6.45) is 1.12. The molecule has 7 nitrogen and oxygen atoms in total. The second-order valence-electron chi connectivity index (χ2n) is 4.86. The second kappa shape index (κ2) is 6.14. The van der Waals surface area contributed by atoms with Crippen molar-refractivity contribution in [2.45, 2.75) is 26.4 Å². The Balaban J connectivity index is 3.21. The standard InChI is InChI=1S/C13H16N2O5/c1-13(2,3)20-12(18)8-5-9(11(17)14-4)15-6-10(8)19-7-16/h5-7H,1-4H3,(H,14,17). The molecule has 0 aromatic carbocycles. The topological polar surface area (TPSA) is 94.6 Å². The zero-order valence-electron chi connectivity index (χ0n) is 11.7. The fourth-order valence-corrected chi connectivity index (χ4v) is 1.33. The van der Waals surface area contributed by atoms with Crippen molar-refractivity contribution in [3.05, 3.63) is 23.5 Å². The summed E-state index contributed by atoms with van der Waals surface area (Å²) in [4.78, 5) is 37.8. The van der Waals surface area contributed by atoms with Gasteiger partial charge in [0.05, 0.1) is 6.20 Å². The first kappa shape index (κ1) is 15.6. The van der Waals surface area contributed by atoms with Crippen molar-refractivity contribution in [3.63, 3.8) is 0 Å². The van der Waals surface area contributed by atoms with E-state index in [1.807, 2.05) is 0 Å². The van der Waals surface area contributed by atoms with Gasteiger partial charge in [0.15, 0.2) is 5.75 Å². The van der Waals surface area contributed by atoms with Gasteiger partial charge in [-0.15, -0.1) is 0 Å². The molecule has 1 heterocycles. The molecule has 0 spiro atoms. The molecule has 1 aromatic rings. The van der Waals surface area contributed by atoms with E-state index in [0.717, 1.165) is 6.20 Å². The molecule has 20 heavy (non-hydrogen) atoms. The van der Waals surface area contributed by atoms with E-state index in [1.54, 1.807) is 20.8 Å². The van der Waals surface area contributed by atoms with Crippen molar-refractivity contribution in [1.29, 1.82) is 0 Å². The highest BCUT2D eigenvalue weighted by molar-refractivity contribution is 5.98. The maximum Gasteiger partial charge on any atom is 0.342 e. The molecule has 1 N–H and O–H groups in total. The van der Waals surface area contributed by atoms with Crippen molar-refractivity contribution < 1.29 is 23.9 Å². The summed E-state index contributed by atoms with van der Waals surface area (Å²) in [5, 5.41) is 2.38. The molecular formula is C13H16N2O5. The van der Waals surface area contributed by atoms with Crippen LogP contribution in [0.5, 0.6) is 5.75 Å². The van der Waals surface area contributed by atoms with E-state index in [4.69, 9.17) is 4.74 Å². The molecule has 0 radical (unpaired) electrons. The van der Waals surface area contributed by atoms with Crippen molar-refractivity contribution >= 4 is 18.3 Å². The van der Waals surface area contributed by atoms with E-state index in [2.05, 4.69) is 15.0 Å². The van der Waals surface area contributed by atoms with E-state index in [9.17, 15) is 14.4 Å². The normalized spacial score (nSPS) is 10.6. The number of rotatable bonds is 4. The highest BCUT2D eigenvalue weighted by atomic mass is 16.6. The van der Waals surface area contributed by atoms with Gasteiger partial charge < -0.3 is 14.8 Å². The Kier molecular flexibility index (Phi) is 4.79. The van der Waals surface area contributed by atoms with E-state index in [1.165, 1.54) is 13.1 Å². The van der Waals surface area contributed by atoms with Crippen LogP contribution in [0.3, 0.4) is 0 Å². The van der Waals surface area contributed by atoms with Crippen molar-refractivity contribution in [1.82, 2.24) is 10.3 Å². The second-order valence-corrected chi connectivity index (χ2v) is 4.86. The quantitative estimate of drug-likeness (QED) is 0.651.